The largest absolute Gasteiger partial charge is 0.384 e. The third kappa shape index (κ3) is 3.96. The van der Waals surface area contributed by atoms with Gasteiger partial charge in [0.2, 0.25) is 5.91 Å². The van der Waals surface area contributed by atoms with Crippen LogP contribution < -0.4 is 11.5 Å². The number of nitrogens with two attached hydrogens (primary N) is 2. The summed E-state index contributed by atoms with van der Waals surface area (Å²) in [5, 5.41) is 2.46. The number of carbonyl (C=O) groups excluding carboxylic acids is 1. The number of hydrogen-bond donors (Lipinski definition) is 2. The summed E-state index contributed by atoms with van der Waals surface area (Å²) in [6.45, 7) is 0.772. The van der Waals surface area contributed by atoms with Crippen LogP contribution in [0.1, 0.15) is 36.7 Å². The quantitative estimate of drug-likeness (QED) is 0.688. The summed E-state index contributed by atoms with van der Waals surface area (Å²) in [5.41, 5.74) is 15.1. The Morgan fingerprint density at radius 2 is 1.93 bits per heavy atom. The molecule has 0 unspecified atom stereocenters. The lowest BCUT2D eigenvalue weighted by Crippen LogP contribution is -2.31. The first-order valence-electron chi connectivity index (χ1n) is 9.27. The Kier molecular flexibility index (Phi) is 5.21. The van der Waals surface area contributed by atoms with Crippen LogP contribution in [0.2, 0.25) is 0 Å². The normalized spacial score (nSPS) is 16.4. The van der Waals surface area contributed by atoms with Gasteiger partial charge in [0.1, 0.15) is 5.82 Å². The van der Waals surface area contributed by atoms with Crippen LogP contribution in [0, 0.1) is 0 Å². The van der Waals surface area contributed by atoms with E-state index < -0.39 is 0 Å². The third-order valence-corrected chi connectivity index (χ3v) is 5.71. The maximum Gasteiger partial charge on any atom is 0.223 e. The van der Waals surface area contributed by atoms with Crippen LogP contribution in [0.3, 0.4) is 0 Å². The molecule has 1 saturated heterocycles. The van der Waals surface area contributed by atoms with Gasteiger partial charge in [-0.2, -0.15) is 0 Å². The van der Waals surface area contributed by atoms with Crippen LogP contribution in [-0.2, 0) is 11.2 Å². The Morgan fingerprint density at radius 3 is 2.57 bits per heavy atom. The molecule has 28 heavy (non-hydrogen) atoms. The molecule has 1 fully saturated rings. The van der Waals surface area contributed by atoms with E-state index in [9.17, 15) is 4.79 Å². The Bertz CT molecular complexity index is 954. The van der Waals surface area contributed by atoms with Gasteiger partial charge in [-0.3, -0.25) is 9.78 Å². The van der Waals surface area contributed by atoms with Gasteiger partial charge < -0.3 is 16.4 Å². The van der Waals surface area contributed by atoms with Crippen molar-refractivity contribution in [3.63, 3.8) is 0 Å². The van der Waals surface area contributed by atoms with Gasteiger partial charge in [-0.25, -0.2) is 9.97 Å². The van der Waals surface area contributed by atoms with Crippen molar-refractivity contribution in [2.24, 2.45) is 0 Å². The smallest absolute Gasteiger partial charge is 0.223 e. The summed E-state index contributed by atoms with van der Waals surface area (Å²) < 4.78 is 0. The molecule has 1 aliphatic rings. The van der Waals surface area contributed by atoms with E-state index in [1.165, 1.54) is 11.3 Å². The minimum Gasteiger partial charge on any atom is -0.384 e. The van der Waals surface area contributed by atoms with Crippen molar-refractivity contribution in [3.05, 3.63) is 53.4 Å². The number of anilines is 2. The van der Waals surface area contributed by atoms with E-state index >= 15 is 0 Å². The fraction of sp³-hybridized carbons (Fsp3) is 0.300. The molecule has 0 radical (unpaired) electrons. The van der Waals surface area contributed by atoms with Crippen molar-refractivity contribution in [3.8, 4) is 11.1 Å². The fourth-order valence-electron chi connectivity index (χ4n) is 3.54. The molecule has 0 aromatic carbocycles. The molecule has 4 rings (SSSR count). The summed E-state index contributed by atoms with van der Waals surface area (Å²) in [6.07, 6.45) is 6.56. The zero-order chi connectivity index (χ0) is 19.5. The molecule has 3 aromatic heterocycles. The second-order valence-corrected chi connectivity index (χ2v) is 7.76. The number of nitrogens with zero attached hydrogens (tertiary/aromatic N) is 4. The van der Waals surface area contributed by atoms with E-state index in [0.717, 1.165) is 41.9 Å². The van der Waals surface area contributed by atoms with Crippen LogP contribution in [0.25, 0.3) is 11.1 Å². The predicted octanol–water partition coefficient (Wildman–Crippen LogP) is 3.06. The minimum atomic E-state index is 0.0339. The Hall–Kier alpha value is -3.00. The molecule has 1 atom stereocenters. The van der Waals surface area contributed by atoms with Crippen LogP contribution in [-0.4, -0.2) is 32.3 Å². The first-order valence-corrected chi connectivity index (χ1v) is 10.2. The first-order chi connectivity index (χ1) is 13.6. The second kappa shape index (κ2) is 7.93. The molecule has 0 spiro atoms. The zero-order valence-electron chi connectivity index (χ0n) is 15.4. The topological polar surface area (TPSA) is 111 Å². The van der Waals surface area contributed by atoms with Gasteiger partial charge in [0.15, 0.2) is 5.13 Å². The molecule has 1 aliphatic heterocycles. The number of hydrogen-bond acceptors (Lipinski definition) is 7. The summed E-state index contributed by atoms with van der Waals surface area (Å²) >= 11 is 1.41. The number of pyridine rings is 2. The maximum absolute atomic E-state index is 12.8. The number of likely N-dealkylation sites (tertiary alicyclic amines) is 1. The van der Waals surface area contributed by atoms with E-state index in [1.807, 2.05) is 34.7 Å². The lowest BCUT2D eigenvalue weighted by atomic mass is 10.1. The van der Waals surface area contributed by atoms with Crippen LogP contribution >= 0.6 is 11.3 Å². The lowest BCUT2D eigenvalue weighted by molar-refractivity contribution is -0.132. The van der Waals surface area contributed by atoms with Crippen molar-refractivity contribution < 1.29 is 4.79 Å². The van der Waals surface area contributed by atoms with Gasteiger partial charge >= 0.3 is 0 Å². The van der Waals surface area contributed by atoms with Crippen LogP contribution in [0.5, 0.6) is 0 Å². The average molecular weight is 395 g/mol. The predicted molar refractivity (Wildman–Crippen MR) is 110 cm³/mol. The van der Waals surface area contributed by atoms with E-state index in [-0.39, 0.29) is 11.9 Å². The number of nitrogen functional groups attached to an aromatic ring is 2. The minimum absolute atomic E-state index is 0.0339. The molecular formula is C20H22N6OS. The molecule has 0 aliphatic carbocycles. The van der Waals surface area contributed by atoms with Crippen LogP contribution in [0.15, 0.2) is 42.0 Å². The molecule has 0 saturated carbocycles. The molecule has 7 nitrogen and oxygen atoms in total. The average Bonchev–Trinajstić information content (AvgIpc) is 3.36. The van der Waals surface area contributed by atoms with Gasteiger partial charge in [-0.05, 0) is 37.5 Å². The van der Waals surface area contributed by atoms with E-state index in [0.29, 0.717) is 23.8 Å². The first kappa shape index (κ1) is 18.4. The van der Waals surface area contributed by atoms with Gasteiger partial charge in [-0.15, -0.1) is 11.3 Å². The number of aromatic nitrogens is 3. The molecule has 4 heterocycles. The standard InChI is InChI=1S/C20H22N6OS/c21-18-7-4-14(11-24-18)13-3-6-16(23-10-13)17-2-1-9-26(17)19(27)8-5-15-12-28-20(22)25-15/h3-4,6-7,10-12,17H,1-2,5,8-9H2,(H2,21,24)(H2,22,25)/t17-/m0/s1. The summed E-state index contributed by atoms with van der Waals surface area (Å²) in [7, 11) is 0. The number of carbonyl (C=O) groups is 1. The second-order valence-electron chi connectivity index (χ2n) is 6.87. The molecule has 3 aromatic rings. The molecule has 144 valence electrons. The highest BCUT2D eigenvalue weighted by atomic mass is 32.1. The molecule has 1 amide bonds. The molecule has 0 bridgehead atoms. The molecule has 4 N–H and O–H groups in total. The van der Waals surface area contributed by atoms with E-state index in [4.69, 9.17) is 11.5 Å². The van der Waals surface area contributed by atoms with Crippen molar-refractivity contribution in [2.45, 2.75) is 31.7 Å². The fourth-order valence-corrected chi connectivity index (χ4v) is 4.14. The van der Waals surface area contributed by atoms with Gasteiger partial charge in [0, 0.05) is 41.9 Å². The summed E-state index contributed by atoms with van der Waals surface area (Å²) in [5.74, 6) is 0.636. The maximum atomic E-state index is 12.8. The van der Waals surface area contributed by atoms with E-state index in [2.05, 4.69) is 15.0 Å². The highest BCUT2D eigenvalue weighted by Crippen LogP contribution is 2.32. The third-order valence-electron chi connectivity index (χ3n) is 4.99. The highest BCUT2D eigenvalue weighted by Gasteiger charge is 2.30. The monoisotopic (exact) mass is 394 g/mol. The SMILES string of the molecule is Nc1ccc(-c2ccc([C@@H]3CCCN3C(=O)CCc3csc(N)n3)nc2)cn1. The Balaban J connectivity index is 1.43. The summed E-state index contributed by atoms with van der Waals surface area (Å²) in [4.78, 5) is 27.7. The van der Waals surface area contributed by atoms with Crippen molar-refractivity contribution >= 4 is 28.2 Å². The number of amides is 1. The van der Waals surface area contributed by atoms with Gasteiger partial charge in [0.25, 0.3) is 0 Å². The van der Waals surface area contributed by atoms with E-state index in [1.54, 1.807) is 12.3 Å². The van der Waals surface area contributed by atoms with Crippen LogP contribution in [0.4, 0.5) is 10.9 Å². The molecule has 8 heteroatoms. The number of aryl methyl sites for hydroxylation is 1. The van der Waals surface area contributed by atoms with Crippen molar-refractivity contribution in [1.29, 1.82) is 0 Å². The summed E-state index contributed by atoms with van der Waals surface area (Å²) in [6, 6.07) is 7.76. The van der Waals surface area contributed by atoms with Crippen molar-refractivity contribution in [1.82, 2.24) is 19.9 Å². The van der Waals surface area contributed by atoms with Crippen molar-refractivity contribution in [2.75, 3.05) is 18.0 Å². The van der Waals surface area contributed by atoms with Gasteiger partial charge in [-0.1, -0.05) is 6.07 Å². The zero-order valence-corrected chi connectivity index (χ0v) is 16.2. The number of thiazole rings is 1. The number of rotatable bonds is 5. The highest BCUT2D eigenvalue weighted by molar-refractivity contribution is 7.13. The Morgan fingerprint density at radius 1 is 1.14 bits per heavy atom. The Labute approximate surface area is 167 Å². The van der Waals surface area contributed by atoms with Gasteiger partial charge in [0.05, 0.1) is 17.4 Å². The molecular weight excluding hydrogens is 372 g/mol. The lowest BCUT2D eigenvalue weighted by Gasteiger charge is -2.24.